The molecule has 1 aromatic heterocycles. The average molecular weight is 408 g/mol. The first-order valence-electron chi connectivity index (χ1n) is 10.0. The molecule has 0 saturated carbocycles. The topological polar surface area (TPSA) is 36.4 Å². The Morgan fingerprint density at radius 2 is 2.00 bits per heavy atom. The Labute approximate surface area is 167 Å². The summed E-state index contributed by atoms with van der Waals surface area (Å²) >= 11 is 0. The Bertz CT molecular complexity index is 899. The Balaban J connectivity index is 1.60. The van der Waals surface area contributed by atoms with Crippen LogP contribution in [0.5, 0.6) is 0 Å². The maximum Gasteiger partial charge on any atom is 0.416 e. The van der Waals surface area contributed by atoms with Crippen molar-refractivity contribution < 1.29 is 22.7 Å². The molecule has 0 radical (unpaired) electrons. The van der Waals surface area contributed by atoms with E-state index in [4.69, 9.17) is 0 Å². The quantitative estimate of drug-likeness (QED) is 0.713. The Morgan fingerprint density at radius 3 is 2.66 bits per heavy atom. The van der Waals surface area contributed by atoms with E-state index in [1.807, 2.05) is 0 Å². The van der Waals surface area contributed by atoms with Gasteiger partial charge < -0.3 is 5.11 Å². The second-order valence-corrected chi connectivity index (χ2v) is 8.13. The molecule has 2 aliphatic rings. The van der Waals surface area contributed by atoms with Gasteiger partial charge in [-0.1, -0.05) is 6.07 Å². The number of aliphatic hydroxyl groups excluding tert-OH is 1. The molecule has 1 fully saturated rings. The molecule has 29 heavy (non-hydrogen) atoms. The number of fused-ring (bicyclic) bond motifs is 1. The molecule has 1 saturated heterocycles. The second-order valence-electron chi connectivity index (χ2n) is 8.13. The minimum atomic E-state index is -4.58. The van der Waals surface area contributed by atoms with Gasteiger partial charge in [0.05, 0.1) is 5.56 Å². The number of likely N-dealkylation sites (tertiary alicyclic amines) is 1. The molecule has 3 atom stereocenters. The Morgan fingerprint density at radius 1 is 1.21 bits per heavy atom. The molecule has 1 aromatic carbocycles. The number of aliphatic hydroxyl groups is 1. The molecule has 1 aliphatic heterocycles. The van der Waals surface area contributed by atoms with Crippen molar-refractivity contribution in [1.29, 1.82) is 0 Å². The number of rotatable bonds is 4. The second kappa shape index (κ2) is 7.69. The monoisotopic (exact) mass is 408 g/mol. The largest absolute Gasteiger partial charge is 0.416 e. The van der Waals surface area contributed by atoms with Crippen molar-refractivity contribution in [3.8, 4) is 11.1 Å². The molecule has 0 bridgehead atoms. The predicted octanol–water partition coefficient (Wildman–Crippen LogP) is 5.13. The highest BCUT2D eigenvalue weighted by atomic mass is 19.4. The summed E-state index contributed by atoms with van der Waals surface area (Å²) in [5, 5.41) is 10.7. The average Bonchev–Trinajstić information content (AvgIpc) is 3.27. The van der Waals surface area contributed by atoms with Crippen molar-refractivity contribution in [3.63, 3.8) is 0 Å². The van der Waals surface area contributed by atoms with Gasteiger partial charge in [0.15, 0.2) is 0 Å². The van der Waals surface area contributed by atoms with Crippen LogP contribution in [-0.2, 0) is 12.6 Å². The summed E-state index contributed by atoms with van der Waals surface area (Å²) < 4.78 is 53.0. The van der Waals surface area contributed by atoms with Crippen molar-refractivity contribution in [2.45, 2.75) is 63.4 Å². The summed E-state index contributed by atoms with van der Waals surface area (Å²) in [4.78, 5) is 6.35. The summed E-state index contributed by atoms with van der Waals surface area (Å²) in [6.07, 6.45) is 2.41. The maximum atomic E-state index is 14.5. The first-order chi connectivity index (χ1) is 13.8. The van der Waals surface area contributed by atoms with E-state index in [1.165, 1.54) is 12.3 Å². The van der Waals surface area contributed by atoms with Gasteiger partial charge in [0.25, 0.3) is 0 Å². The van der Waals surface area contributed by atoms with Gasteiger partial charge in [0, 0.05) is 36.1 Å². The van der Waals surface area contributed by atoms with Gasteiger partial charge in [-0.25, -0.2) is 4.39 Å². The minimum Gasteiger partial charge on any atom is -0.378 e. The third-order valence-electron chi connectivity index (χ3n) is 6.34. The number of halogens is 4. The SMILES string of the molecule is C[C@H]1CCCN1C(O)CC1CCc2c(-c3ccc(C(F)(F)F)cc3F)cncc21. The highest BCUT2D eigenvalue weighted by Crippen LogP contribution is 2.42. The van der Waals surface area contributed by atoms with Crippen LogP contribution in [0.3, 0.4) is 0 Å². The van der Waals surface area contributed by atoms with Gasteiger partial charge in [-0.15, -0.1) is 0 Å². The minimum absolute atomic E-state index is 0.109. The van der Waals surface area contributed by atoms with Gasteiger partial charge in [0.2, 0.25) is 0 Å². The van der Waals surface area contributed by atoms with Crippen LogP contribution in [0.1, 0.15) is 55.2 Å². The zero-order chi connectivity index (χ0) is 20.8. The zero-order valence-corrected chi connectivity index (χ0v) is 16.2. The van der Waals surface area contributed by atoms with Crippen LogP contribution in [0.2, 0.25) is 0 Å². The van der Waals surface area contributed by atoms with E-state index in [2.05, 4.69) is 16.8 Å². The molecule has 3 nitrogen and oxygen atoms in total. The number of hydrogen-bond donors (Lipinski definition) is 1. The van der Waals surface area contributed by atoms with Gasteiger partial charge in [-0.3, -0.25) is 9.88 Å². The van der Waals surface area contributed by atoms with Gasteiger partial charge in [-0.05, 0) is 68.2 Å². The van der Waals surface area contributed by atoms with Crippen molar-refractivity contribution in [3.05, 3.63) is 53.1 Å². The lowest BCUT2D eigenvalue weighted by atomic mass is 9.94. The third-order valence-corrected chi connectivity index (χ3v) is 6.34. The molecule has 2 heterocycles. The zero-order valence-electron chi connectivity index (χ0n) is 16.2. The molecule has 4 rings (SSSR count). The van der Waals surface area contributed by atoms with Crippen LogP contribution >= 0.6 is 0 Å². The van der Waals surface area contributed by atoms with E-state index in [0.29, 0.717) is 30.5 Å². The molecule has 1 N–H and O–H groups in total. The predicted molar refractivity (Wildman–Crippen MR) is 102 cm³/mol. The van der Waals surface area contributed by atoms with Crippen molar-refractivity contribution in [1.82, 2.24) is 9.88 Å². The van der Waals surface area contributed by atoms with Crippen LogP contribution in [0.4, 0.5) is 17.6 Å². The van der Waals surface area contributed by atoms with Crippen molar-refractivity contribution >= 4 is 0 Å². The first kappa shape index (κ1) is 20.3. The summed E-state index contributed by atoms with van der Waals surface area (Å²) in [5.74, 6) is -0.790. The van der Waals surface area contributed by atoms with Gasteiger partial charge in [0.1, 0.15) is 12.0 Å². The maximum absolute atomic E-state index is 14.5. The lowest BCUT2D eigenvalue weighted by molar-refractivity contribution is -0.137. The fourth-order valence-corrected chi connectivity index (χ4v) is 4.78. The van der Waals surface area contributed by atoms with Crippen LogP contribution in [-0.4, -0.2) is 33.8 Å². The summed E-state index contributed by atoms with van der Waals surface area (Å²) in [6, 6.07) is 2.99. The van der Waals surface area contributed by atoms with E-state index in [0.717, 1.165) is 43.0 Å². The molecule has 2 unspecified atom stereocenters. The standard InChI is InChI=1S/C22H24F4N2O/c1-13-3-2-8-28(13)21(29)9-14-4-6-16-18(14)11-27-12-19(16)17-7-5-15(10-20(17)23)22(24,25)26/h5,7,10-14,21,29H,2-4,6,8-9H2,1H3/t13-,14?,21?/m0/s1. The molecule has 1 aliphatic carbocycles. The Hall–Kier alpha value is -1.99. The highest BCUT2D eigenvalue weighted by Gasteiger charge is 2.34. The molecular weight excluding hydrogens is 384 g/mol. The third kappa shape index (κ3) is 3.90. The number of alkyl halides is 3. The first-order valence-corrected chi connectivity index (χ1v) is 10.0. The van der Waals surface area contributed by atoms with E-state index in [9.17, 15) is 22.7 Å². The fourth-order valence-electron chi connectivity index (χ4n) is 4.78. The van der Waals surface area contributed by atoms with E-state index in [1.54, 1.807) is 6.20 Å². The number of nitrogens with zero attached hydrogens (tertiary/aromatic N) is 2. The Kier molecular flexibility index (Phi) is 5.38. The summed E-state index contributed by atoms with van der Waals surface area (Å²) in [6.45, 7) is 3.00. The van der Waals surface area contributed by atoms with E-state index >= 15 is 0 Å². The van der Waals surface area contributed by atoms with Crippen LogP contribution < -0.4 is 0 Å². The molecule has 156 valence electrons. The van der Waals surface area contributed by atoms with E-state index < -0.39 is 23.8 Å². The summed E-state index contributed by atoms with van der Waals surface area (Å²) in [5.41, 5.74) is 1.56. The normalized spacial score (nSPS) is 23.4. The fraction of sp³-hybridized carbons (Fsp3) is 0.500. The van der Waals surface area contributed by atoms with Crippen molar-refractivity contribution in [2.75, 3.05) is 6.54 Å². The van der Waals surface area contributed by atoms with Gasteiger partial charge >= 0.3 is 6.18 Å². The molecule has 2 aromatic rings. The number of hydrogen-bond acceptors (Lipinski definition) is 3. The number of aromatic nitrogens is 1. The lowest BCUT2D eigenvalue weighted by Crippen LogP contribution is -2.38. The van der Waals surface area contributed by atoms with Gasteiger partial charge in [-0.2, -0.15) is 13.2 Å². The van der Waals surface area contributed by atoms with Crippen LogP contribution in [0.25, 0.3) is 11.1 Å². The summed E-state index contributed by atoms with van der Waals surface area (Å²) in [7, 11) is 0. The number of pyridine rings is 1. The smallest absolute Gasteiger partial charge is 0.378 e. The van der Waals surface area contributed by atoms with Crippen LogP contribution in [0.15, 0.2) is 30.6 Å². The lowest BCUT2D eigenvalue weighted by Gasteiger charge is -2.29. The highest BCUT2D eigenvalue weighted by molar-refractivity contribution is 5.70. The molecule has 0 spiro atoms. The van der Waals surface area contributed by atoms with Crippen molar-refractivity contribution in [2.24, 2.45) is 0 Å². The van der Waals surface area contributed by atoms with E-state index in [-0.39, 0.29) is 11.5 Å². The van der Waals surface area contributed by atoms with Crippen LogP contribution in [0, 0.1) is 5.82 Å². The molecular formula is C22H24F4N2O. The number of benzene rings is 1. The molecule has 0 amide bonds. The molecule has 7 heteroatoms.